The molecule has 0 aliphatic heterocycles. The zero-order valence-electron chi connectivity index (χ0n) is 9.77. The number of nitrogen functional groups attached to an aromatic ring is 1. The number of benzene rings is 1. The number of aromatic amines is 2. The minimum absolute atomic E-state index is 0.0661. The molecule has 3 rings (SSSR count). The summed E-state index contributed by atoms with van der Waals surface area (Å²) in [5.41, 5.74) is 6.93. The van der Waals surface area contributed by atoms with Crippen molar-refractivity contribution in [2.75, 3.05) is 5.73 Å². The third-order valence-electron chi connectivity index (χ3n) is 2.74. The van der Waals surface area contributed by atoms with Crippen LogP contribution in [0.3, 0.4) is 0 Å². The highest BCUT2D eigenvalue weighted by Crippen LogP contribution is 2.19. The highest BCUT2D eigenvalue weighted by molar-refractivity contribution is 9.10. The van der Waals surface area contributed by atoms with E-state index in [0.29, 0.717) is 23.4 Å². The number of rotatable bonds is 2. The fourth-order valence-corrected chi connectivity index (χ4v) is 2.30. The predicted molar refractivity (Wildman–Crippen MR) is 75.9 cm³/mol. The first-order valence-electron chi connectivity index (χ1n) is 5.61. The minimum atomic E-state index is -0.312. The molecule has 7 heteroatoms. The molecular weight excluding hydrogens is 310 g/mol. The van der Waals surface area contributed by atoms with Gasteiger partial charge in [-0.05, 0) is 11.6 Å². The average Bonchev–Trinajstić information content (AvgIpc) is 2.75. The molecule has 2 heterocycles. The van der Waals surface area contributed by atoms with Crippen LogP contribution in [0.5, 0.6) is 0 Å². The van der Waals surface area contributed by atoms with Crippen LogP contribution in [0.15, 0.2) is 33.5 Å². The molecular formula is C12H10BrN5O. The highest BCUT2D eigenvalue weighted by Gasteiger charge is 2.10. The highest BCUT2D eigenvalue weighted by atomic mass is 79.9. The van der Waals surface area contributed by atoms with Gasteiger partial charge in [0.25, 0.3) is 5.56 Å². The summed E-state index contributed by atoms with van der Waals surface area (Å²) in [4.78, 5) is 25.4. The van der Waals surface area contributed by atoms with Gasteiger partial charge in [-0.2, -0.15) is 4.98 Å². The van der Waals surface area contributed by atoms with Crippen molar-refractivity contribution in [2.24, 2.45) is 0 Å². The number of anilines is 1. The smallest absolute Gasteiger partial charge is 0.278 e. The second kappa shape index (κ2) is 4.51. The second-order valence-corrected chi connectivity index (χ2v) is 4.96. The molecule has 0 aliphatic rings. The lowest BCUT2D eigenvalue weighted by molar-refractivity contribution is 1.03. The number of nitrogens with two attached hydrogens (primary N) is 1. The number of hydrogen-bond donors (Lipinski definition) is 3. The zero-order valence-corrected chi connectivity index (χ0v) is 11.4. The molecule has 0 saturated carbocycles. The van der Waals surface area contributed by atoms with E-state index < -0.39 is 0 Å². The van der Waals surface area contributed by atoms with Gasteiger partial charge in [-0.1, -0.05) is 34.1 Å². The van der Waals surface area contributed by atoms with Crippen molar-refractivity contribution in [2.45, 2.75) is 6.42 Å². The molecule has 0 unspecified atom stereocenters. The normalized spacial score (nSPS) is 11.0. The van der Waals surface area contributed by atoms with Crippen LogP contribution >= 0.6 is 15.9 Å². The van der Waals surface area contributed by atoms with Gasteiger partial charge in [0.15, 0.2) is 11.2 Å². The number of imidazole rings is 1. The lowest BCUT2D eigenvalue weighted by atomic mass is 10.1. The minimum Gasteiger partial charge on any atom is -0.369 e. The summed E-state index contributed by atoms with van der Waals surface area (Å²) in [6, 6.07) is 7.84. The molecule has 0 aliphatic carbocycles. The summed E-state index contributed by atoms with van der Waals surface area (Å²) in [6.07, 6.45) is 0.580. The van der Waals surface area contributed by atoms with E-state index in [0.717, 1.165) is 10.0 Å². The molecule has 0 spiro atoms. The van der Waals surface area contributed by atoms with Crippen LogP contribution in [0.2, 0.25) is 0 Å². The van der Waals surface area contributed by atoms with Crippen molar-refractivity contribution in [1.29, 1.82) is 0 Å². The summed E-state index contributed by atoms with van der Waals surface area (Å²) in [7, 11) is 0. The molecule has 0 radical (unpaired) electrons. The molecule has 2 aromatic heterocycles. The Labute approximate surface area is 116 Å². The fourth-order valence-electron chi connectivity index (χ4n) is 1.88. The van der Waals surface area contributed by atoms with Crippen LogP contribution in [0.4, 0.5) is 5.95 Å². The Hall–Kier alpha value is -2.15. The van der Waals surface area contributed by atoms with E-state index in [1.165, 1.54) is 0 Å². The first-order valence-corrected chi connectivity index (χ1v) is 6.40. The fraction of sp³-hybridized carbons (Fsp3) is 0.0833. The molecule has 0 saturated heterocycles. The number of fused-ring (bicyclic) bond motifs is 1. The second-order valence-electron chi connectivity index (χ2n) is 4.10. The number of nitrogens with one attached hydrogen (secondary N) is 2. The number of hydrogen-bond acceptors (Lipinski definition) is 4. The van der Waals surface area contributed by atoms with Crippen molar-refractivity contribution in [3.8, 4) is 0 Å². The largest absolute Gasteiger partial charge is 0.369 e. The molecule has 96 valence electrons. The number of halogens is 1. The average molecular weight is 320 g/mol. The van der Waals surface area contributed by atoms with E-state index >= 15 is 0 Å². The van der Waals surface area contributed by atoms with Crippen LogP contribution in [-0.2, 0) is 6.42 Å². The summed E-state index contributed by atoms with van der Waals surface area (Å²) < 4.78 is 0.997. The van der Waals surface area contributed by atoms with Gasteiger partial charge in [-0.3, -0.25) is 9.78 Å². The van der Waals surface area contributed by atoms with Crippen molar-refractivity contribution in [3.05, 3.63) is 50.5 Å². The number of nitrogens with zero attached hydrogens (tertiary/aromatic N) is 2. The molecule has 1 aromatic carbocycles. The number of aromatic nitrogens is 4. The van der Waals surface area contributed by atoms with Gasteiger partial charge in [-0.15, -0.1) is 0 Å². The van der Waals surface area contributed by atoms with Gasteiger partial charge in [0.2, 0.25) is 5.95 Å². The third-order valence-corrected chi connectivity index (χ3v) is 3.52. The predicted octanol–water partition coefficient (Wildman–Crippen LogP) is 1.58. The van der Waals surface area contributed by atoms with Gasteiger partial charge >= 0.3 is 0 Å². The van der Waals surface area contributed by atoms with Crippen molar-refractivity contribution >= 4 is 33.0 Å². The van der Waals surface area contributed by atoms with E-state index in [1.54, 1.807) is 0 Å². The maximum Gasteiger partial charge on any atom is 0.278 e. The van der Waals surface area contributed by atoms with Crippen molar-refractivity contribution in [3.63, 3.8) is 0 Å². The first kappa shape index (κ1) is 11.9. The van der Waals surface area contributed by atoms with E-state index in [4.69, 9.17) is 5.73 Å². The number of H-pyrrole nitrogens is 2. The van der Waals surface area contributed by atoms with E-state index in [9.17, 15) is 4.79 Å². The summed E-state index contributed by atoms with van der Waals surface area (Å²) >= 11 is 3.48. The van der Waals surface area contributed by atoms with Gasteiger partial charge in [-0.25, -0.2) is 4.98 Å². The van der Waals surface area contributed by atoms with Crippen LogP contribution in [0.25, 0.3) is 11.2 Å². The van der Waals surface area contributed by atoms with Gasteiger partial charge in [0.1, 0.15) is 5.82 Å². The Bertz CT molecular complexity index is 807. The van der Waals surface area contributed by atoms with Crippen LogP contribution in [0.1, 0.15) is 11.4 Å². The Morgan fingerprint density at radius 1 is 1.21 bits per heavy atom. The molecule has 0 amide bonds. The summed E-state index contributed by atoms with van der Waals surface area (Å²) in [5.74, 6) is 0.738. The van der Waals surface area contributed by atoms with Gasteiger partial charge in [0.05, 0.1) is 0 Å². The molecule has 0 fully saturated rings. The molecule has 19 heavy (non-hydrogen) atoms. The molecule has 0 atom stereocenters. The van der Waals surface area contributed by atoms with Crippen LogP contribution < -0.4 is 11.3 Å². The lowest BCUT2D eigenvalue weighted by Crippen LogP contribution is -2.10. The SMILES string of the molecule is Nc1nc2nc(Cc3ccccc3Br)[nH]c2c(=O)[nH]1. The van der Waals surface area contributed by atoms with Crippen molar-refractivity contribution in [1.82, 2.24) is 19.9 Å². The molecule has 3 aromatic rings. The summed E-state index contributed by atoms with van der Waals surface area (Å²) in [5, 5.41) is 0. The standard InChI is InChI=1S/C12H10BrN5O/c13-7-4-2-1-3-6(7)5-8-15-9-10(16-8)17-12(14)18-11(9)19/h1-4H,5H2,(H4,14,15,16,17,18,19). The van der Waals surface area contributed by atoms with Crippen LogP contribution in [0, 0.1) is 0 Å². The quantitative estimate of drug-likeness (QED) is 0.667. The maximum atomic E-state index is 11.7. The van der Waals surface area contributed by atoms with Crippen LogP contribution in [-0.4, -0.2) is 19.9 Å². The third kappa shape index (κ3) is 2.24. The summed E-state index contributed by atoms with van der Waals surface area (Å²) in [6.45, 7) is 0. The zero-order chi connectivity index (χ0) is 13.4. The maximum absolute atomic E-state index is 11.7. The molecule has 4 N–H and O–H groups in total. The topological polar surface area (TPSA) is 100 Å². The van der Waals surface area contributed by atoms with E-state index in [1.807, 2.05) is 24.3 Å². The molecule has 6 nitrogen and oxygen atoms in total. The Morgan fingerprint density at radius 2 is 2.00 bits per heavy atom. The van der Waals surface area contributed by atoms with Gasteiger partial charge in [0, 0.05) is 10.9 Å². The Kier molecular flexibility index (Phi) is 2.83. The monoisotopic (exact) mass is 319 g/mol. The van der Waals surface area contributed by atoms with Crippen molar-refractivity contribution < 1.29 is 0 Å². The van der Waals surface area contributed by atoms with E-state index in [-0.39, 0.29) is 11.5 Å². The van der Waals surface area contributed by atoms with Gasteiger partial charge < -0.3 is 10.7 Å². The Balaban J connectivity index is 2.05. The first-order chi connectivity index (χ1) is 9.13. The lowest BCUT2D eigenvalue weighted by Gasteiger charge is -2.00. The Morgan fingerprint density at radius 3 is 2.79 bits per heavy atom. The molecule has 0 bridgehead atoms. The van der Waals surface area contributed by atoms with E-state index in [2.05, 4.69) is 35.9 Å².